The van der Waals surface area contributed by atoms with E-state index < -0.39 is 10.0 Å². The summed E-state index contributed by atoms with van der Waals surface area (Å²) in [5.74, 6) is -0.101. The third kappa shape index (κ3) is 6.48. The molecule has 0 bridgehead atoms. The zero-order chi connectivity index (χ0) is 20.0. The van der Waals surface area contributed by atoms with E-state index in [4.69, 9.17) is 11.6 Å². The Morgan fingerprint density at radius 2 is 1.93 bits per heavy atom. The van der Waals surface area contributed by atoms with Crippen LogP contribution in [0.3, 0.4) is 0 Å². The Labute approximate surface area is 165 Å². The molecule has 1 fully saturated rings. The Morgan fingerprint density at radius 1 is 1.26 bits per heavy atom. The second kappa shape index (κ2) is 9.52. The number of nitrogens with zero attached hydrogens (tertiary/aromatic N) is 1. The third-order valence-electron chi connectivity index (χ3n) is 4.42. The lowest BCUT2D eigenvalue weighted by Crippen LogP contribution is -2.47. The third-order valence-corrected chi connectivity index (χ3v) is 6.11. The van der Waals surface area contributed by atoms with Gasteiger partial charge in [0.1, 0.15) is 0 Å². The molecule has 0 aromatic heterocycles. The highest BCUT2D eigenvalue weighted by Crippen LogP contribution is 2.15. The molecule has 1 aliphatic rings. The van der Waals surface area contributed by atoms with Crippen LogP contribution in [0.1, 0.15) is 33.1 Å². The van der Waals surface area contributed by atoms with Crippen LogP contribution in [0.25, 0.3) is 0 Å². The average Bonchev–Trinajstić information content (AvgIpc) is 2.61. The summed E-state index contributed by atoms with van der Waals surface area (Å²) in [6.07, 6.45) is 1.46. The molecule has 1 aromatic carbocycles. The number of halogens is 1. The van der Waals surface area contributed by atoms with Gasteiger partial charge in [0.15, 0.2) is 0 Å². The van der Waals surface area contributed by atoms with Crippen LogP contribution in [0.4, 0.5) is 0 Å². The molecule has 0 radical (unpaired) electrons. The van der Waals surface area contributed by atoms with Crippen molar-refractivity contribution >= 4 is 33.4 Å². The molecule has 1 saturated heterocycles. The van der Waals surface area contributed by atoms with Crippen molar-refractivity contribution in [1.82, 2.24) is 14.9 Å². The van der Waals surface area contributed by atoms with Crippen molar-refractivity contribution in [2.75, 3.05) is 19.6 Å². The van der Waals surface area contributed by atoms with Gasteiger partial charge in [0.2, 0.25) is 21.8 Å². The van der Waals surface area contributed by atoms with E-state index in [9.17, 15) is 18.0 Å². The number of likely N-dealkylation sites (tertiary alicyclic amines) is 1. The Morgan fingerprint density at radius 3 is 2.52 bits per heavy atom. The van der Waals surface area contributed by atoms with Crippen LogP contribution < -0.4 is 10.0 Å². The number of nitrogens with one attached hydrogen (secondary N) is 2. The standard InChI is InChI=1S/C18H26ClN3O4S/c1-13(2)18(24)22-10-7-15(8-11-22)21-17(23)6-9-20-27(25,26)16-5-3-4-14(19)12-16/h3-5,12-13,15,20H,6-11H2,1-2H3,(H,21,23). The monoisotopic (exact) mass is 415 g/mol. The lowest BCUT2D eigenvalue weighted by molar-refractivity contribution is -0.135. The van der Waals surface area contributed by atoms with Crippen molar-refractivity contribution in [3.05, 3.63) is 29.3 Å². The van der Waals surface area contributed by atoms with E-state index in [1.807, 2.05) is 18.7 Å². The fourth-order valence-electron chi connectivity index (χ4n) is 2.93. The van der Waals surface area contributed by atoms with E-state index in [1.54, 1.807) is 12.1 Å². The van der Waals surface area contributed by atoms with Gasteiger partial charge in [-0.25, -0.2) is 13.1 Å². The van der Waals surface area contributed by atoms with Gasteiger partial charge in [-0.15, -0.1) is 0 Å². The van der Waals surface area contributed by atoms with Crippen molar-refractivity contribution < 1.29 is 18.0 Å². The number of sulfonamides is 1. The minimum absolute atomic E-state index is 0.00532. The van der Waals surface area contributed by atoms with Gasteiger partial charge in [0.25, 0.3) is 0 Å². The van der Waals surface area contributed by atoms with Crippen LogP contribution in [0.2, 0.25) is 5.02 Å². The summed E-state index contributed by atoms with van der Waals surface area (Å²) in [5, 5.41) is 3.24. The molecule has 0 aliphatic carbocycles. The van der Waals surface area contributed by atoms with Gasteiger partial charge in [-0.1, -0.05) is 31.5 Å². The van der Waals surface area contributed by atoms with Crippen molar-refractivity contribution in [3.63, 3.8) is 0 Å². The zero-order valence-corrected chi connectivity index (χ0v) is 17.1. The maximum atomic E-state index is 12.2. The second-order valence-corrected chi connectivity index (χ2v) is 9.13. The number of hydrogen-bond donors (Lipinski definition) is 2. The first-order valence-corrected chi connectivity index (χ1v) is 10.9. The largest absolute Gasteiger partial charge is 0.353 e. The number of amides is 2. The smallest absolute Gasteiger partial charge is 0.240 e. The van der Waals surface area contributed by atoms with Crippen LogP contribution in [-0.2, 0) is 19.6 Å². The highest BCUT2D eigenvalue weighted by Gasteiger charge is 2.25. The van der Waals surface area contributed by atoms with Gasteiger partial charge in [-0.05, 0) is 31.0 Å². The summed E-state index contributed by atoms with van der Waals surface area (Å²) in [5.41, 5.74) is 0. The van der Waals surface area contributed by atoms with E-state index in [2.05, 4.69) is 10.0 Å². The van der Waals surface area contributed by atoms with Crippen LogP contribution in [0.5, 0.6) is 0 Å². The molecule has 2 rings (SSSR count). The van der Waals surface area contributed by atoms with Gasteiger partial charge in [0, 0.05) is 43.0 Å². The van der Waals surface area contributed by atoms with Gasteiger partial charge >= 0.3 is 0 Å². The van der Waals surface area contributed by atoms with E-state index in [0.717, 1.165) is 0 Å². The van der Waals surface area contributed by atoms with Crippen molar-refractivity contribution in [2.45, 2.75) is 44.0 Å². The van der Waals surface area contributed by atoms with Crippen LogP contribution in [-0.4, -0.2) is 50.8 Å². The minimum atomic E-state index is -3.70. The van der Waals surface area contributed by atoms with Crippen molar-refractivity contribution in [3.8, 4) is 0 Å². The molecule has 7 nitrogen and oxygen atoms in total. The molecule has 0 atom stereocenters. The maximum absolute atomic E-state index is 12.2. The summed E-state index contributed by atoms with van der Waals surface area (Å²) in [6, 6.07) is 5.96. The molecule has 27 heavy (non-hydrogen) atoms. The molecule has 1 heterocycles. The molecule has 150 valence electrons. The Bertz CT molecular complexity index is 775. The fraction of sp³-hybridized carbons (Fsp3) is 0.556. The first kappa shape index (κ1) is 21.7. The molecule has 0 spiro atoms. The number of hydrogen-bond acceptors (Lipinski definition) is 4. The van der Waals surface area contributed by atoms with Crippen molar-refractivity contribution in [1.29, 1.82) is 0 Å². The fourth-order valence-corrected chi connectivity index (χ4v) is 4.26. The number of carbonyl (C=O) groups is 2. The molecular weight excluding hydrogens is 390 g/mol. The highest BCUT2D eigenvalue weighted by atomic mass is 35.5. The zero-order valence-electron chi connectivity index (χ0n) is 15.6. The highest BCUT2D eigenvalue weighted by molar-refractivity contribution is 7.89. The van der Waals surface area contributed by atoms with Gasteiger partial charge in [0.05, 0.1) is 4.90 Å². The molecule has 1 aliphatic heterocycles. The predicted molar refractivity (Wildman–Crippen MR) is 104 cm³/mol. The first-order valence-electron chi connectivity index (χ1n) is 9.02. The van der Waals surface area contributed by atoms with Crippen LogP contribution in [0.15, 0.2) is 29.2 Å². The van der Waals surface area contributed by atoms with Gasteiger partial charge in [-0.2, -0.15) is 0 Å². The lowest BCUT2D eigenvalue weighted by atomic mass is 10.0. The molecule has 0 saturated carbocycles. The average molecular weight is 416 g/mol. The van der Waals surface area contributed by atoms with Crippen LogP contribution >= 0.6 is 11.6 Å². The lowest BCUT2D eigenvalue weighted by Gasteiger charge is -2.33. The molecule has 0 unspecified atom stereocenters. The summed E-state index contributed by atoms with van der Waals surface area (Å²) in [6.45, 7) is 5.01. The molecular formula is C18H26ClN3O4S. The van der Waals surface area contributed by atoms with Gasteiger partial charge < -0.3 is 10.2 Å². The SMILES string of the molecule is CC(C)C(=O)N1CCC(NC(=O)CCNS(=O)(=O)c2cccc(Cl)c2)CC1. The molecule has 1 aromatic rings. The number of rotatable bonds is 7. The minimum Gasteiger partial charge on any atom is -0.353 e. The number of piperidine rings is 1. The van der Waals surface area contributed by atoms with E-state index in [1.165, 1.54) is 12.1 Å². The second-order valence-electron chi connectivity index (χ2n) is 6.93. The van der Waals surface area contributed by atoms with Crippen molar-refractivity contribution in [2.24, 2.45) is 5.92 Å². The normalized spacial score (nSPS) is 15.8. The van der Waals surface area contributed by atoms with Crippen LogP contribution in [0, 0.1) is 5.92 Å². The number of carbonyl (C=O) groups excluding carboxylic acids is 2. The number of benzene rings is 1. The Kier molecular flexibility index (Phi) is 7.64. The van der Waals surface area contributed by atoms with E-state index in [-0.39, 0.29) is 41.6 Å². The van der Waals surface area contributed by atoms with E-state index >= 15 is 0 Å². The summed E-state index contributed by atoms with van der Waals surface area (Å²) >= 11 is 5.81. The quantitative estimate of drug-likeness (QED) is 0.709. The molecule has 9 heteroatoms. The summed E-state index contributed by atoms with van der Waals surface area (Å²) in [7, 11) is -3.70. The first-order chi connectivity index (χ1) is 12.7. The maximum Gasteiger partial charge on any atom is 0.240 e. The molecule has 2 N–H and O–H groups in total. The van der Waals surface area contributed by atoms with Gasteiger partial charge in [-0.3, -0.25) is 9.59 Å². The topological polar surface area (TPSA) is 95.6 Å². The molecule has 2 amide bonds. The Hall–Kier alpha value is -1.64. The van der Waals surface area contributed by atoms with E-state index in [0.29, 0.717) is 31.0 Å². The Balaban J connectivity index is 1.73. The summed E-state index contributed by atoms with van der Waals surface area (Å²) in [4.78, 5) is 25.9. The predicted octanol–water partition coefficient (Wildman–Crippen LogP) is 1.77. The summed E-state index contributed by atoms with van der Waals surface area (Å²) < 4.78 is 26.7.